The van der Waals surface area contributed by atoms with E-state index in [1.807, 2.05) is 13.8 Å². The van der Waals surface area contributed by atoms with Crippen LogP contribution >= 0.6 is 0 Å². The summed E-state index contributed by atoms with van der Waals surface area (Å²) in [5.41, 5.74) is 0. The number of rotatable bonds is 7. The fraction of sp³-hybridized carbons (Fsp3) is 0.800. The lowest BCUT2D eigenvalue weighted by Crippen LogP contribution is -2.42. The quantitative estimate of drug-likeness (QED) is 0.807. The van der Waals surface area contributed by atoms with E-state index in [1.54, 1.807) is 0 Å². The van der Waals surface area contributed by atoms with Crippen molar-refractivity contribution >= 4 is 15.7 Å². The number of hydrogen-bond donors (Lipinski definition) is 1. The number of hydrogen-bond acceptors (Lipinski definition) is 6. The number of sulfone groups is 1. The molecule has 0 saturated heterocycles. The van der Waals surface area contributed by atoms with E-state index in [0.29, 0.717) is 18.2 Å². The SMILES string of the molecule is CC(C)Cc1nc(CS(=O)(=O)[C@H](C)C(=O)NC2CCCC2)no1. The van der Waals surface area contributed by atoms with E-state index in [0.717, 1.165) is 25.7 Å². The average Bonchev–Trinajstić information content (AvgIpc) is 3.09. The first-order chi connectivity index (χ1) is 10.8. The highest BCUT2D eigenvalue weighted by atomic mass is 32.2. The van der Waals surface area contributed by atoms with E-state index in [9.17, 15) is 13.2 Å². The molecule has 130 valence electrons. The molecule has 8 heteroatoms. The highest BCUT2D eigenvalue weighted by Gasteiger charge is 2.31. The molecule has 1 amide bonds. The Labute approximate surface area is 137 Å². The van der Waals surface area contributed by atoms with E-state index in [4.69, 9.17) is 4.52 Å². The summed E-state index contributed by atoms with van der Waals surface area (Å²) >= 11 is 0. The van der Waals surface area contributed by atoms with Gasteiger partial charge >= 0.3 is 0 Å². The summed E-state index contributed by atoms with van der Waals surface area (Å²) in [6.45, 7) is 5.43. The van der Waals surface area contributed by atoms with Gasteiger partial charge in [0.25, 0.3) is 0 Å². The Morgan fingerprint density at radius 1 is 1.30 bits per heavy atom. The van der Waals surface area contributed by atoms with Gasteiger partial charge in [-0.3, -0.25) is 4.79 Å². The standard InChI is InChI=1S/C15H25N3O4S/c1-10(2)8-14-17-13(18-22-14)9-23(20,21)11(3)15(19)16-12-6-4-5-7-12/h10-12H,4-9H2,1-3H3,(H,16,19)/t11-/m1/s1. The van der Waals surface area contributed by atoms with Crippen LogP contribution in [0.2, 0.25) is 0 Å². The van der Waals surface area contributed by atoms with Crippen LogP contribution in [0.15, 0.2) is 4.52 Å². The summed E-state index contributed by atoms with van der Waals surface area (Å²) in [6, 6.07) is 0.1000. The molecular formula is C15H25N3O4S. The zero-order valence-corrected chi connectivity index (χ0v) is 14.7. The molecule has 1 aromatic rings. The summed E-state index contributed by atoms with van der Waals surface area (Å²) in [5, 5.41) is 5.41. The lowest BCUT2D eigenvalue weighted by atomic mass is 10.1. The maximum absolute atomic E-state index is 12.4. The topological polar surface area (TPSA) is 102 Å². The van der Waals surface area contributed by atoms with E-state index in [-0.39, 0.29) is 17.6 Å². The molecule has 0 bridgehead atoms. The minimum Gasteiger partial charge on any atom is -0.352 e. The fourth-order valence-corrected chi connectivity index (χ4v) is 3.76. The second kappa shape index (κ2) is 7.42. The summed E-state index contributed by atoms with van der Waals surface area (Å²) in [4.78, 5) is 16.2. The van der Waals surface area contributed by atoms with Crippen molar-refractivity contribution in [2.45, 2.75) is 69.9 Å². The number of nitrogens with zero attached hydrogens (tertiary/aromatic N) is 2. The molecule has 1 saturated carbocycles. The van der Waals surface area contributed by atoms with Gasteiger partial charge in [-0.05, 0) is 25.7 Å². The maximum Gasteiger partial charge on any atom is 0.238 e. The first-order valence-corrected chi connectivity index (χ1v) is 9.83. The van der Waals surface area contributed by atoms with Crippen LogP contribution in [0.1, 0.15) is 58.2 Å². The highest BCUT2D eigenvalue weighted by Crippen LogP contribution is 2.18. The van der Waals surface area contributed by atoms with Gasteiger partial charge in [-0.2, -0.15) is 4.98 Å². The zero-order valence-electron chi connectivity index (χ0n) is 13.9. The van der Waals surface area contributed by atoms with Crippen molar-refractivity contribution in [3.63, 3.8) is 0 Å². The van der Waals surface area contributed by atoms with Gasteiger partial charge < -0.3 is 9.84 Å². The summed E-state index contributed by atoms with van der Waals surface area (Å²) < 4.78 is 29.8. The van der Waals surface area contributed by atoms with Gasteiger partial charge in [0.1, 0.15) is 11.0 Å². The van der Waals surface area contributed by atoms with Gasteiger partial charge in [0.05, 0.1) is 0 Å². The normalized spacial score (nSPS) is 17.6. The molecule has 0 aromatic carbocycles. The number of carbonyl (C=O) groups is 1. The Bertz CT molecular complexity index is 633. The third kappa shape index (κ3) is 5.02. The molecule has 1 aliphatic rings. The Balaban J connectivity index is 1.96. The van der Waals surface area contributed by atoms with Gasteiger partial charge in [-0.15, -0.1) is 0 Å². The van der Waals surface area contributed by atoms with Crippen LogP contribution < -0.4 is 5.32 Å². The number of amides is 1. The van der Waals surface area contributed by atoms with Crippen molar-refractivity contribution in [3.05, 3.63) is 11.7 Å². The molecule has 1 atom stereocenters. The van der Waals surface area contributed by atoms with Crippen LogP contribution in [0.4, 0.5) is 0 Å². The third-order valence-electron chi connectivity index (χ3n) is 4.03. The summed E-state index contributed by atoms with van der Waals surface area (Å²) in [7, 11) is -3.67. The lowest BCUT2D eigenvalue weighted by Gasteiger charge is -2.16. The van der Waals surface area contributed by atoms with Gasteiger partial charge in [0.2, 0.25) is 11.8 Å². The Kier molecular flexibility index (Phi) is 5.78. The fourth-order valence-electron chi connectivity index (χ4n) is 2.64. The van der Waals surface area contributed by atoms with Gasteiger partial charge in [-0.1, -0.05) is 31.8 Å². The van der Waals surface area contributed by atoms with E-state index in [1.165, 1.54) is 6.92 Å². The number of aromatic nitrogens is 2. The predicted molar refractivity (Wildman–Crippen MR) is 85.3 cm³/mol. The summed E-state index contributed by atoms with van der Waals surface area (Å²) in [5.74, 6) is 0.0571. The Morgan fingerprint density at radius 3 is 2.57 bits per heavy atom. The first-order valence-electron chi connectivity index (χ1n) is 8.11. The molecule has 2 rings (SSSR count). The van der Waals surface area contributed by atoms with E-state index < -0.39 is 21.0 Å². The van der Waals surface area contributed by atoms with E-state index in [2.05, 4.69) is 15.5 Å². The Morgan fingerprint density at radius 2 is 1.96 bits per heavy atom. The van der Waals surface area contributed by atoms with E-state index >= 15 is 0 Å². The molecule has 0 spiro atoms. The minimum atomic E-state index is -3.67. The largest absolute Gasteiger partial charge is 0.352 e. The van der Waals surface area contributed by atoms with Crippen molar-refractivity contribution in [1.29, 1.82) is 0 Å². The van der Waals surface area contributed by atoms with Crippen LogP contribution in [-0.4, -0.2) is 35.8 Å². The molecule has 1 N–H and O–H groups in total. The molecule has 7 nitrogen and oxygen atoms in total. The van der Waals surface area contributed by atoms with Crippen LogP contribution in [-0.2, 0) is 26.8 Å². The van der Waals surface area contributed by atoms with Crippen LogP contribution in [0, 0.1) is 5.92 Å². The number of carbonyl (C=O) groups excluding carboxylic acids is 1. The summed E-state index contributed by atoms with van der Waals surface area (Å²) in [6.07, 6.45) is 4.59. The second-order valence-electron chi connectivity index (χ2n) is 6.64. The molecular weight excluding hydrogens is 318 g/mol. The molecule has 0 aliphatic heterocycles. The second-order valence-corrected chi connectivity index (χ2v) is 8.96. The molecule has 1 aromatic heterocycles. The molecule has 23 heavy (non-hydrogen) atoms. The first kappa shape index (κ1) is 17.9. The van der Waals surface area contributed by atoms with Crippen LogP contribution in [0.25, 0.3) is 0 Å². The predicted octanol–water partition coefficient (Wildman–Crippen LogP) is 1.63. The monoisotopic (exact) mass is 343 g/mol. The third-order valence-corrected chi connectivity index (χ3v) is 5.98. The lowest BCUT2D eigenvalue weighted by molar-refractivity contribution is -0.121. The van der Waals surface area contributed by atoms with Crippen molar-refractivity contribution in [1.82, 2.24) is 15.5 Å². The smallest absolute Gasteiger partial charge is 0.238 e. The zero-order chi connectivity index (χ0) is 17.0. The van der Waals surface area contributed by atoms with Crippen molar-refractivity contribution in [3.8, 4) is 0 Å². The molecule has 1 aliphatic carbocycles. The van der Waals surface area contributed by atoms with Gasteiger partial charge in [0, 0.05) is 12.5 Å². The van der Waals surface area contributed by atoms with Gasteiger partial charge in [-0.25, -0.2) is 8.42 Å². The molecule has 0 unspecified atom stereocenters. The van der Waals surface area contributed by atoms with Crippen molar-refractivity contribution < 1.29 is 17.7 Å². The van der Waals surface area contributed by atoms with Crippen LogP contribution in [0.5, 0.6) is 0 Å². The van der Waals surface area contributed by atoms with Crippen LogP contribution in [0.3, 0.4) is 0 Å². The maximum atomic E-state index is 12.4. The Hall–Kier alpha value is -1.44. The minimum absolute atomic E-state index is 0.1000. The van der Waals surface area contributed by atoms with Crippen molar-refractivity contribution in [2.24, 2.45) is 5.92 Å². The molecule has 1 fully saturated rings. The average molecular weight is 343 g/mol. The molecule has 0 radical (unpaired) electrons. The molecule has 1 heterocycles. The number of nitrogens with one attached hydrogen (secondary N) is 1. The van der Waals surface area contributed by atoms with Gasteiger partial charge in [0.15, 0.2) is 15.7 Å². The highest BCUT2D eigenvalue weighted by molar-refractivity contribution is 7.92. The van der Waals surface area contributed by atoms with Crippen molar-refractivity contribution in [2.75, 3.05) is 0 Å².